The number of nitrogens with zero attached hydrogens (tertiary/aromatic N) is 1. The molecule has 3 N–H and O–H groups in total. The van der Waals surface area contributed by atoms with Gasteiger partial charge in [0.15, 0.2) is 5.17 Å². The van der Waals surface area contributed by atoms with Gasteiger partial charge in [0.2, 0.25) is 5.91 Å². The summed E-state index contributed by atoms with van der Waals surface area (Å²) in [7, 11) is 0. The zero-order chi connectivity index (χ0) is 13.8. The predicted molar refractivity (Wildman–Crippen MR) is 77.1 cm³/mol. The van der Waals surface area contributed by atoms with Crippen LogP contribution >= 0.6 is 11.8 Å². The van der Waals surface area contributed by atoms with E-state index in [0.29, 0.717) is 0 Å². The standard InChI is InChI=1S/C13H15N3O2S/c1-2-8-3-5-9(6-4-8)15-11(17)7-10-12(18)16-13(14)19-10/h3-6,10H,2,7H2,1H3,(H,15,17)(H2,14,16,18)/t10-/m1/s1. The maximum absolute atomic E-state index is 11.8. The Kier molecular flexibility index (Phi) is 4.21. The molecule has 5 nitrogen and oxygen atoms in total. The Balaban J connectivity index is 1.89. The molecule has 2 amide bonds. The van der Waals surface area contributed by atoms with Gasteiger partial charge in [-0.2, -0.15) is 4.99 Å². The Morgan fingerprint density at radius 1 is 1.42 bits per heavy atom. The molecule has 0 unspecified atom stereocenters. The van der Waals surface area contributed by atoms with Gasteiger partial charge in [0, 0.05) is 12.1 Å². The lowest BCUT2D eigenvalue weighted by molar-refractivity contribution is -0.121. The molecule has 0 radical (unpaired) electrons. The van der Waals surface area contributed by atoms with Crippen molar-refractivity contribution in [1.82, 2.24) is 0 Å². The second-order valence-electron chi connectivity index (χ2n) is 4.20. The number of rotatable bonds is 4. The lowest BCUT2D eigenvalue weighted by Gasteiger charge is -2.08. The van der Waals surface area contributed by atoms with E-state index in [9.17, 15) is 9.59 Å². The number of hydrogen-bond acceptors (Lipinski definition) is 4. The van der Waals surface area contributed by atoms with Gasteiger partial charge in [-0.3, -0.25) is 9.59 Å². The van der Waals surface area contributed by atoms with Gasteiger partial charge >= 0.3 is 0 Å². The normalized spacial score (nSPS) is 18.3. The lowest BCUT2D eigenvalue weighted by Crippen LogP contribution is -2.21. The van der Waals surface area contributed by atoms with E-state index in [1.165, 1.54) is 5.56 Å². The molecule has 2 rings (SSSR count). The molecule has 0 bridgehead atoms. The van der Waals surface area contributed by atoms with Crippen molar-refractivity contribution in [3.05, 3.63) is 29.8 Å². The summed E-state index contributed by atoms with van der Waals surface area (Å²) in [6.07, 6.45) is 1.04. The summed E-state index contributed by atoms with van der Waals surface area (Å²) in [5.74, 6) is -0.543. The summed E-state index contributed by atoms with van der Waals surface area (Å²) in [5.41, 5.74) is 7.37. The van der Waals surface area contributed by atoms with E-state index in [1.54, 1.807) is 0 Å². The molecular weight excluding hydrogens is 262 g/mol. The van der Waals surface area contributed by atoms with Crippen molar-refractivity contribution in [3.63, 3.8) is 0 Å². The number of carbonyl (C=O) groups excluding carboxylic acids is 2. The molecule has 1 heterocycles. The van der Waals surface area contributed by atoms with Crippen LogP contribution in [0.5, 0.6) is 0 Å². The fraction of sp³-hybridized carbons (Fsp3) is 0.308. The minimum atomic E-state index is -0.491. The highest BCUT2D eigenvalue weighted by Crippen LogP contribution is 2.23. The van der Waals surface area contributed by atoms with Crippen LogP contribution in [0.2, 0.25) is 0 Å². The monoisotopic (exact) mass is 277 g/mol. The van der Waals surface area contributed by atoms with E-state index in [-0.39, 0.29) is 23.4 Å². The third-order valence-electron chi connectivity index (χ3n) is 2.78. The molecule has 0 saturated heterocycles. The summed E-state index contributed by atoms with van der Waals surface area (Å²) >= 11 is 1.14. The van der Waals surface area contributed by atoms with Crippen molar-refractivity contribution in [1.29, 1.82) is 0 Å². The van der Waals surface area contributed by atoms with Crippen LogP contribution < -0.4 is 11.1 Å². The summed E-state index contributed by atoms with van der Waals surface area (Å²) in [4.78, 5) is 26.8. The van der Waals surface area contributed by atoms with Gasteiger partial charge in [-0.15, -0.1) is 0 Å². The number of amides is 2. The van der Waals surface area contributed by atoms with Gasteiger partial charge < -0.3 is 11.1 Å². The number of aryl methyl sites for hydroxylation is 1. The number of nitrogens with one attached hydrogen (secondary N) is 1. The van der Waals surface area contributed by atoms with Gasteiger partial charge in [-0.1, -0.05) is 30.8 Å². The molecule has 1 aliphatic rings. The zero-order valence-electron chi connectivity index (χ0n) is 10.6. The third-order valence-corrected chi connectivity index (χ3v) is 3.76. The van der Waals surface area contributed by atoms with Gasteiger partial charge in [0.05, 0.1) is 0 Å². The third kappa shape index (κ3) is 3.57. The Morgan fingerprint density at radius 3 is 2.63 bits per heavy atom. The highest BCUT2D eigenvalue weighted by molar-refractivity contribution is 8.15. The van der Waals surface area contributed by atoms with E-state index in [0.717, 1.165) is 23.9 Å². The fourth-order valence-electron chi connectivity index (χ4n) is 1.74. The first-order valence-corrected chi connectivity index (χ1v) is 6.90. The maximum Gasteiger partial charge on any atom is 0.262 e. The maximum atomic E-state index is 11.8. The molecule has 0 spiro atoms. The predicted octanol–water partition coefficient (Wildman–Crippen LogP) is 1.53. The molecule has 1 aromatic carbocycles. The average Bonchev–Trinajstić information content (AvgIpc) is 2.68. The first kappa shape index (κ1) is 13.6. The second kappa shape index (κ2) is 5.88. The van der Waals surface area contributed by atoms with Crippen molar-refractivity contribution >= 4 is 34.4 Å². The summed E-state index contributed by atoms with van der Waals surface area (Å²) < 4.78 is 0. The summed E-state index contributed by atoms with van der Waals surface area (Å²) in [5, 5.41) is 2.50. The molecular formula is C13H15N3O2S. The van der Waals surface area contributed by atoms with Crippen LogP contribution in [0.4, 0.5) is 5.69 Å². The van der Waals surface area contributed by atoms with Gasteiger partial charge in [-0.25, -0.2) is 0 Å². The number of thioether (sulfide) groups is 1. The van der Waals surface area contributed by atoms with E-state index in [1.807, 2.05) is 24.3 Å². The number of aliphatic imine (C=N–C) groups is 1. The molecule has 6 heteroatoms. The second-order valence-corrected chi connectivity index (χ2v) is 5.42. The van der Waals surface area contributed by atoms with Crippen molar-refractivity contribution in [3.8, 4) is 0 Å². The number of anilines is 1. The Bertz CT molecular complexity index is 525. The summed E-state index contributed by atoms with van der Waals surface area (Å²) in [6, 6.07) is 7.63. The van der Waals surface area contributed by atoms with Crippen molar-refractivity contribution in [2.24, 2.45) is 10.7 Å². The Labute approximate surface area is 115 Å². The quantitative estimate of drug-likeness (QED) is 0.874. The van der Waals surface area contributed by atoms with Crippen molar-refractivity contribution in [2.75, 3.05) is 5.32 Å². The lowest BCUT2D eigenvalue weighted by atomic mass is 10.1. The van der Waals surface area contributed by atoms with Crippen LogP contribution in [-0.2, 0) is 16.0 Å². The molecule has 0 fully saturated rings. The van der Waals surface area contributed by atoms with E-state index in [2.05, 4.69) is 17.2 Å². The number of benzene rings is 1. The first-order chi connectivity index (χ1) is 9.08. The topological polar surface area (TPSA) is 84.6 Å². The zero-order valence-corrected chi connectivity index (χ0v) is 11.4. The highest BCUT2D eigenvalue weighted by Gasteiger charge is 2.29. The van der Waals surface area contributed by atoms with Crippen LogP contribution in [0.15, 0.2) is 29.3 Å². The Hall–Kier alpha value is -1.82. The number of carbonyl (C=O) groups is 2. The highest BCUT2D eigenvalue weighted by atomic mass is 32.2. The molecule has 1 aliphatic heterocycles. The van der Waals surface area contributed by atoms with Crippen LogP contribution in [-0.4, -0.2) is 22.2 Å². The number of nitrogens with two attached hydrogens (primary N) is 1. The van der Waals surface area contributed by atoms with Crippen LogP contribution in [0.3, 0.4) is 0 Å². The fourth-order valence-corrected chi connectivity index (χ4v) is 2.56. The molecule has 0 aliphatic carbocycles. The van der Waals surface area contributed by atoms with Crippen LogP contribution in [0.1, 0.15) is 18.9 Å². The van der Waals surface area contributed by atoms with E-state index < -0.39 is 5.25 Å². The van der Waals surface area contributed by atoms with Gasteiger partial charge in [0.25, 0.3) is 5.91 Å². The molecule has 100 valence electrons. The van der Waals surface area contributed by atoms with Crippen molar-refractivity contribution in [2.45, 2.75) is 25.0 Å². The molecule has 0 saturated carbocycles. The van der Waals surface area contributed by atoms with Gasteiger partial charge in [0.1, 0.15) is 5.25 Å². The SMILES string of the molecule is CCc1ccc(NC(=O)C[C@H]2SC(N)=NC2=O)cc1. The average molecular weight is 277 g/mol. The van der Waals surface area contributed by atoms with E-state index >= 15 is 0 Å². The van der Waals surface area contributed by atoms with Crippen LogP contribution in [0, 0.1) is 0 Å². The molecule has 0 aromatic heterocycles. The number of amidine groups is 1. The first-order valence-electron chi connectivity index (χ1n) is 6.02. The molecule has 1 atom stereocenters. The largest absolute Gasteiger partial charge is 0.378 e. The minimum Gasteiger partial charge on any atom is -0.378 e. The van der Waals surface area contributed by atoms with Crippen LogP contribution in [0.25, 0.3) is 0 Å². The molecule has 19 heavy (non-hydrogen) atoms. The van der Waals surface area contributed by atoms with E-state index in [4.69, 9.17) is 5.73 Å². The smallest absolute Gasteiger partial charge is 0.262 e. The summed E-state index contributed by atoms with van der Waals surface area (Å²) in [6.45, 7) is 2.07. The molecule has 1 aromatic rings. The number of hydrogen-bond donors (Lipinski definition) is 2. The minimum absolute atomic E-state index is 0.0865. The Morgan fingerprint density at radius 2 is 2.11 bits per heavy atom. The van der Waals surface area contributed by atoms with Crippen molar-refractivity contribution < 1.29 is 9.59 Å². The van der Waals surface area contributed by atoms with Gasteiger partial charge in [-0.05, 0) is 24.1 Å².